The number of nitrogens with one attached hydrogen (secondary N) is 1. The number of piperidine rings is 1. The molecule has 8 heteroatoms. The summed E-state index contributed by atoms with van der Waals surface area (Å²) in [5, 5.41) is 2.82. The number of rotatable bonds is 3. The topological polar surface area (TPSA) is 92.5 Å². The van der Waals surface area contributed by atoms with Gasteiger partial charge in [0, 0.05) is 24.7 Å². The van der Waals surface area contributed by atoms with E-state index in [9.17, 15) is 17.6 Å². The van der Waals surface area contributed by atoms with Gasteiger partial charge in [-0.25, -0.2) is 17.1 Å². The van der Waals surface area contributed by atoms with Crippen molar-refractivity contribution < 1.29 is 17.6 Å². The van der Waals surface area contributed by atoms with Crippen LogP contribution in [0.4, 0.5) is 10.1 Å². The predicted molar refractivity (Wildman–Crippen MR) is 77.7 cm³/mol. The van der Waals surface area contributed by atoms with E-state index in [2.05, 4.69) is 5.32 Å². The Hall–Kier alpha value is -1.67. The number of sulfonamides is 1. The quantitative estimate of drug-likeness (QED) is 0.797. The van der Waals surface area contributed by atoms with Gasteiger partial charge in [-0.15, -0.1) is 0 Å². The van der Waals surface area contributed by atoms with E-state index in [0.717, 1.165) is 6.07 Å². The fraction of sp³-hybridized carbons (Fsp3) is 0.462. The van der Waals surface area contributed by atoms with Crippen LogP contribution in [-0.4, -0.2) is 44.0 Å². The lowest BCUT2D eigenvalue weighted by molar-refractivity contribution is 0.0924. The van der Waals surface area contributed by atoms with Crippen molar-refractivity contribution >= 4 is 21.6 Å². The van der Waals surface area contributed by atoms with Gasteiger partial charge in [0.1, 0.15) is 5.82 Å². The number of hydrogen-bond acceptors (Lipinski definition) is 4. The SMILES string of the molecule is CS(=O)(=O)N1CCC(NC(=O)c2ccc(F)c(N)c2)CC1. The first-order valence-electron chi connectivity index (χ1n) is 6.58. The van der Waals surface area contributed by atoms with Gasteiger partial charge >= 0.3 is 0 Å². The summed E-state index contributed by atoms with van der Waals surface area (Å²) in [4.78, 5) is 12.0. The second-order valence-corrected chi connectivity index (χ2v) is 7.13. The fourth-order valence-electron chi connectivity index (χ4n) is 2.29. The zero-order chi connectivity index (χ0) is 15.6. The Kier molecular flexibility index (Phi) is 4.48. The van der Waals surface area contributed by atoms with Crippen LogP contribution in [0.2, 0.25) is 0 Å². The highest BCUT2D eigenvalue weighted by Gasteiger charge is 2.26. The molecule has 116 valence electrons. The van der Waals surface area contributed by atoms with Crippen molar-refractivity contribution in [1.29, 1.82) is 0 Å². The summed E-state index contributed by atoms with van der Waals surface area (Å²) in [5.41, 5.74) is 5.65. The van der Waals surface area contributed by atoms with Gasteiger partial charge in [0.25, 0.3) is 5.91 Å². The van der Waals surface area contributed by atoms with Gasteiger partial charge < -0.3 is 11.1 Å². The van der Waals surface area contributed by atoms with Crippen LogP contribution in [-0.2, 0) is 10.0 Å². The molecule has 1 heterocycles. The van der Waals surface area contributed by atoms with Gasteiger partial charge in [0.05, 0.1) is 11.9 Å². The first kappa shape index (κ1) is 15.7. The molecule has 1 aliphatic rings. The van der Waals surface area contributed by atoms with Crippen molar-refractivity contribution in [3.05, 3.63) is 29.6 Å². The number of carbonyl (C=O) groups excluding carboxylic acids is 1. The van der Waals surface area contributed by atoms with Crippen molar-refractivity contribution in [2.24, 2.45) is 0 Å². The summed E-state index contributed by atoms with van der Waals surface area (Å²) in [7, 11) is -3.18. The molecule has 1 aromatic rings. The van der Waals surface area contributed by atoms with Gasteiger partial charge in [-0.1, -0.05) is 0 Å². The minimum Gasteiger partial charge on any atom is -0.396 e. The zero-order valence-electron chi connectivity index (χ0n) is 11.7. The number of anilines is 1. The Bertz CT molecular complexity index is 640. The van der Waals surface area contributed by atoms with Crippen LogP contribution in [0.15, 0.2) is 18.2 Å². The Morgan fingerprint density at radius 1 is 1.38 bits per heavy atom. The Morgan fingerprint density at radius 2 is 2.00 bits per heavy atom. The van der Waals surface area contributed by atoms with Gasteiger partial charge in [-0.05, 0) is 31.0 Å². The van der Waals surface area contributed by atoms with Crippen molar-refractivity contribution in [2.75, 3.05) is 25.1 Å². The molecule has 1 aliphatic heterocycles. The second-order valence-electron chi connectivity index (χ2n) is 5.15. The average Bonchev–Trinajstić information content (AvgIpc) is 2.41. The number of nitrogens with two attached hydrogens (primary N) is 1. The van der Waals surface area contributed by atoms with Crippen LogP contribution in [0.3, 0.4) is 0 Å². The Labute approximate surface area is 123 Å². The molecule has 0 aliphatic carbocycles. The Balaban J connectivity index is 1.94. The molecular weight excluding hydrogens is 297 g/mol. The van der Waals surface area contributed by atoms with Gasteiger partial charge in [-0.3, -0.25) is 4.79 Å². The number of nitrogen functional groups attached to an aromatic ring is 1. The molecule has 1 aromatic carbocycles. The standard InChI is InChI=1S/C13H18FN3O3S/c1-21(19,20)17-6-4-10(5-7-17)16-13(18)9-2-3-11(14)12(15)8-9/h2-3,8,10H,4-7,15H2,1H3,(H,16,18). The number of carbonyl (C=O) groups is 1. The summed E-state index contributed by atoms with van der Waals surface area (Å²) < 4.78 is 37.2. The summed E-state index contributed by atoms with van der Waals surface area (Å²) >= 11 is 0. The molecule has 0 aromatic heterocycles. The molecule has 6 nitrogen and oxygen atoms in total. The molecular formula is C13H18FN3O3S. The minimum absolute atomic E-state index is 0.0745. The van der Waals surface area contributed by atoms with Crippen LogP contribution in [0.1, 0.15) is 23.2 Å². The van der Waals surface area contributed by atoms with Crippen LogP contribution < -0.4 is 11.1 Å². The second kappa shape index (κ2) is 5.98. The highest BCUT2D eigenvalue weighted by molar-refractivity contribution is 7.88. The van der Waals surface area contributed by atoms with Crippen LogP contribution in [0.5, 0.6) is 0 Å². The van der Waals surface area contributed by atoms with Crippen molar-refractivity contribution in [3.8, 4) is 0 Å². The van der Waals surface area contributed by atoms with E-state index < -0.39 is 15.8 Å². The maximum absolute atomic E-state index is 13.1. The molecule has 3 N–H and O–H groups in total. The highest BCUT2D eigenvalue weighted by Crippen LogP contribution is 2.15. The summed E-state index contributed by atoms with van der Waals surface area (Å²) in [5.74, 6) is -0.896. The summed E-state index contributed by atoms with van der Waals surface area (Å²) in [6.07, 6.45) is 2.28. The highest BCUT2D eigenvalue weighted by atomic mass is 32.2. The molecule has 0 bridgehead atoms. The Morgan fingerprint density at radius 3 is 2.52 bits per heavy atom. The number of benzene rings is 1. The van der Waals surface area contributed by atoms with Crippen LogP contribution >= 0.6 is 0 Å². The molecule has 2 rings (SSSR count). The molecule has 0 spiro atoms. The van der Waals surface area contributed by atoms with Crippen LogP contribution in [0, 0.1) is 5.82 Å². The fourth-order valence-corrected chi connectivity index (χ4v) is 3.16. The van der Waals surface area contributed by atoms with E-state index >= 15 is 0 Å². The molecule has 1 amide bonds. The zero-order valence-corrected chi connectivity index (χ0v) is 12.5. The third-order valence-electron chi connectivity index (χ3n) is 3.52. The lowest BCUT2D eigenvalue weighted by Gasteiger charge is -2.30. The summed E-state index contributed by atoms with van der Waals surface area (Å²) in [6, 6.07) is 3.71. The van der Waals surface area contributed by atoms with E-state index in [1.807, 2.05) is 0 Å². The van der Waals surface area contributed by atoms with Crippen molar-refractivity contribution in [1.82, 2.24) is 9.62 Å². The number of hydrogen-bond donors (Lipinski definition) is 2. The van der Waals surface area contributed by atoms with E-state index in [0.29, 0.717) is 31.5 Å². The monoisotopic (exact) mass is 315 g/mol. The smallest absolute Gasteiger partial charge is 0.251 e. The average molecular weight is 315 g/mol. The normalized spacial score (nSPS) is 17.6. The van der Waals surface area contributed by atoms with Gasteiger partial charge in [0.15, 0.2) is 0 Å². The number of nitrogens with zero attached hydrogens (tertiary/aromatic N) is 1. The van der Waals surface area contributed by atoms with E-state index in [-0.39, 0.29) is 17.6 Å². The summed E-state index contributed by atoms with van der Waals surface area (Å²) in [6.45, 7) is 0.769. The number of halogens is 1. The molecule has 0 atom stereocenters. The van der Waals surface area contributed by atoms with Crippen molar-refractivity contribution in [2.45, 2.75) is 18.9 Å². The van der Waals surface area contributed by atoms with Crippen LogP contribution in [0.25, 0.3) is 0 Å². The first-order valence-corrected chi connectivity index (χ1v) is 8.43. The van der Waals surface area contributed by atoms with E-state index in [1.54, 1.807) is 0 Å². The molecule has 0 radical (unpaired) electrons. The first-order chi connectivity index (χ1) is 9.77. The molecule has 1 fully saturated rings. The van der Waals surface area contributed by atoms with E-state index in [4.69, 9.17) is 5.73 Å². The van der Waals surface area contributed by atoms with E-state index in [1.165, 1.54) is 22.7 Å². The molecule has 0 unspecified atom stereocenters. The van der Waals surface area contributed by atoms with Gasteiger partial charge in [-0.2, -0.15) is 0 Å². The van der Waals surface area contributed by atoms with Gasteiger partial charge in [0.2, 0.25) is 10.0 Å². The molecule has 1 saturated heterocycles. The maximum Gasteiger partial charge on any atom is 0.251 e. The lowest BCUT2D eigenvalue weighted by atomic mass is 10.1. The third-order valence-corrected chi connectivity index (χ3v) is 4.82. The largest absolute Gasteiger partial charge is 0.396 e. The maximum atomic E-state index is 13.1. The molecule has 0 saturated carbocycles. The lowest BCUT2D eigenvalue weighted by Crippen LogP contribution is -2.46. The van der Waals surface area contributed by atoms with Crippen molar-refractivity contribution in [3.63, 3.8) is 0 Å². The third kappa shape index (κ3) is 3.92. The number of amides is 1. The minimum atomic E-state index is -3.18. The molecule has 21 heavy (non-hydrogen) atoms. The predicted octanol–water partition coefficient (Wildman–Crippen LogP) is 0.562.